The summed E-state index contributed by atoms with van der Waals surface area (Å²) in [6.07, 6.45) is 0.821. The Morgan fingerprint density at radius 3 is 2.61 bits per heavy atom. The Morgan fingerprint density at radius 1 is 1.18 bits per heavy atom. The van der Waals surface area contributed by atoms with Crippen LogP contribution in [0.5, 0.6) is 0 Å². The summed E-state index contributed by atoms with van der Waals surface area (Å²) in [6, 6.07) is 12.1. The molecule has 0 radical (unpaired) electrons. The summed E-state index contributed by atoms with van der Waals surface area (Å²) in [7, 11) is 0. The van der Waals surface area contributed by atoms with Crippen LogP contribution in [0.25, 0.3) is 11.4 Å². The Hall–Kier alpha value is -2.37. The van der Waals surface area contributed by atoms with Gasteiger partial charge >= 0.3 is 0 Å². The van der Waals surface area contributed by atoms with Crippen LogP contribution in [0.3, 0.4) is 0 Å². The lowest BCUT2D eigenvalue weighted by atomic mass is 9.98. The van der Waals surface area contributed by atoms with Gasteiger partial charge in [0.1, 0.15) is 6.04 Å². The fourth-order valence-electron chi connectivity index (χ4n) is 2.76. The zero-order valence-electron chi connectivity index (χ0n) is 15.9. The van der Waals surface area contributed by atoms with Crippen molar-refractivity contribution in [1.29, 1.82) is 0 Å². The number of rotatable bonds is 6. The van der Waals surface area contributed by atoms with Crippen LogP contribution in [-0.4, -0.2) is 16.0 Å². The molecule has 0 aliphatic heterocycles. The van der Waals surface area contributed by atoms with E-state index in [1.165, 1.54) is 0 Å². The fraction of sp³-hybridized carbons (Fsp3) is 0.286. The molecule has 0 aliphatic carbocycles. The summed E-state index contributed by atoms with van der Waals surface area (Å²) in [4.78, 5) is 17.2. The van der Waals surface area contributed by atoms with Crippen LogP contribution in [-0.2, 0) is 0 Å². The van der Waals surface area contributed by atoms with E-state index in [1.54, 1.807) is 30.3 Å². The SMILES string of the molecule is CC[C@@H](C)[C@H](NC(=O)c1ccccc1Cl)c1nc(-c2ccc(C)c(Cl)c2)no1. The van der Waals surface area contributed by atoms with Gasteiger partial charge in [-0.25, -0.2) is 0 Å². The van der Waals surface area contributed by atoms with Crippen molar-refractivity contribution in [2.24, 2.45) is 5.92 Å². The Kier molecular flexibility index (Phi) is 6.37. The maximum absolute atomic E-state index is 12.7. The molecule has 146 valence electrons. The van der Waals surface area contributed by atoms with Gasteiger partial charge in [0.15, 0.2) is 0 Å². The summed E-state index contributed by atoms with van der Waals surface area (Å²) in [5.74, 6) is 0.578. The minimum atomic E-state index is -0.434. The molecule has 0 aliphatic rings. The number of hydrogen-bond donors (Lipinski definition) is 1. The number of nitrogens with zero attached hydrogens (tertiary/aromatic N) is 2. The van der Waals surface area contributed by atoms with Crippen LogP contribution >= 0.6 is 23.2 Å². The van der Waals surface area contributed by atoms with E-state index in [-0.39, 0.29) is 11.8 Å². The number of benzene rings is 2. The lowest BCUT2D eigenvalue weighted by Crippen LogP contribution is -2.33. The van der Waals surface area contributed by atoms with Gasteiger partial charge in [-0.2, -0.15) is 4.98 Å². The quantitative estimate of drug-likeness (QED) is 0.544. The van der Waals surface area contributed by atoms with Crippen LogP contribution < -0.4 is 5.32 Å². The monoisotopic (exact) mass is 417 g/mol. The first-order valence-corrected chi connectivity index (χ1v) is 9.81. The first-order chi connectivity index (χ1) is 13.4. The van der Waals surface area contributed by atoms with E-state index in [9.17, 15) is 4.79 Å². The molecule has 28 heavy (non-hydrogen) atoms. The number of halogens is 2. The summed E-state index contributed by atoms with van der Waals surface area (Å²) >= 11 is 12.4. The molecule has 7 heteroatoms. The van der Waals surface area contributed by atoms with Crippen LogP contribution in [0, 0.1) is 12.8 Å². The predicted octanol–water partition coefficient (Wildman–Crippen LogP) is 5.87. The van der Waals surface area contributed by atoms with Crippen LogP contribution in [0.1, 0.15) is 48.1 Å². The second-order valence-electron chi connectivity index (χ2n) is 6.74. The van der Waals surface area contributed by atoms with Crippen LogP contribution in [0.2, 0.25) is 10.0 Å². The fourth-order valence-corrected chi connectivity index (χ4v) is 3.16. The molecular weight excluding hydrogens is 397 g/mol. The average Bonchev–Trinajstić information content (AvgIpc) is 3.17. The zero-order valence-corrected chi connectivity index (χ0v) is 17.4. The molecule has 3 rings (SSSR count). The molecule has 0 saturated carbocycles. The molecule has 0 unspecified atom stereocenters. The van der Waals surface area contributed by atoms with Gasteiger partial charge in [-0.15, -0.1) is 0 Å². The van der Waals surface area contributed by atoms with E-state index in [0.717, 1.165) is 17.5 Å². The van der Waals surface area contributed by atoms with Crippen molar-refractivity contribution in [3.8, 4) is 11.4 Å². The van der Waals surface area contributed by atoms with Crippen LogP contribution in [0.4, 0.5) is 0 Å². The number of carbonyl (C=O) groups excluding carboxylic acids is 1. The van der Waals surface area contributed by atoms with Crippen molar-refractivity contribution < 1.29 is 9.32 Å². The number of aromatic nitrogens is 2. The lowest BCUT2D eigenvalue weighted by Gasteiger charge is -2.21. The van der Waals surface area contributed by atoms with Gasteiger partial charge in [-0.1, -0.05) is 72.9 Å². The average molecular weight is 418 g/mol. The van der Waals surface area contributed by atoms with E-state index in [4.69, 9.17) is 27.7 Å². The highest BCUT2D eigenvalue weighted by atomic mass is 35.5. The molecule has 5 nitrogen and oxygen atoms in total. The van der Waals surface area contributed by atoms with Gasteiger partial charge < -0.3 is 9.84 Å². The minimum Gasteiger partial charge on any atom is -0.340 e. The molecule has 1 aromatic heterocycles. The van der Waals surface area contributed by atoms with Gasteiger partial charge in [-0.3, -0.25) is 4.79 Å². The smallest absolute Gasteiger partial charge is 0.253 e. The molecule has 3 aromatic rings. The maximum Gasteiger partial charge on any atom is 0.253 e. The van der Waals surface area contributed by atoms with Crippen molar-refractivity contribution in [3.05, 3.63) is 69.5 Å². The second-order valence-corrected chi connectivity index (χ2v) is 7.55. The highest BCUT2D eigenvalue weighted by Gasteiger charge is 2.27. The van der Waals surface area contributed by atoms with E-state index >= 15 is 0 Å². The number of hydrogen-bond acceptors (Lipinski definition) is 4. The second kappa shape index (κ2) is 8.76. The summed E-state index contributed by atoms with van der Waals surface area (Å²) in [6.45, 7) is 5.98. The zero-order chi connectivity index (χ0) is 20.3. The molecule has 0 fully saturated rings. The first-order valence-electron chi connectivity index (χ1n) is 9.06. The third kappa shape index (κ3) is 4.37. The number of aryl methyl sites for hydroxylation is 1. The minimum absolute atomic E-state index is 0.0846. The van der Waals surface area contributed by atoms with Gasteiger partial charge in [0.05, 0.1) is 10.6 Å². The molecule has 0 bridgehead atoms. The maximum atomic E-state index is 12.7. The summed E-state index contributed by atoms with van der Waals surface area (Å²) in [5.41, 5.74) is 2.13. The topological polar surface area (TPSA) is 68.0 Å². The molecule has 0 saturated heterocycles. The van der Waals surface area contributed by atoms with Crippen molar-refractivity contribution in [2.45, 2.75) is 33.2 Å². The first kappa shape index (κ1) is 20.4. The largest absolute Gasteiger partial charge is 0.340 e. The Morgan fingerprint density at radius 2 is 1.93 bits per heavy atom. The third-order valence-corrected chi connectivity index (χ3v) is 5.49. The highest BCUT2D eigenvalue weighted by molar-refractivity contribution is 6.33. The van der Waals surface area contributed by atoms with E-state index in [0.29, 0.717) is 27.3 Å². The molecule has 2 aromatic carbocycles. The molecule has 0 spiro atoms. The van der Waals surface area contributed by atoms with Crippen molar-refractivity contribution in [2.75, 3.05) is 0 Å². The third-order valence-electron chi connectivity index (χ3n) is 4.76. The predicted molar refractivity (Wildman–Crippen MR) is 111 cm³/mol. The number of carbonyl (C=O) groups is 1. The van der Waals surface area contributed by atoms with Gasteiger partial charge in [-0.05, 0) is 36.6 Å². The molecular formula is C21H21Cl2N3O2. The van der Waals surface area contributed by atoms with Crippen molar-refractivity contribution in [3.63, 3.8) is 0 Å². The normalized spacial score (nSPS) is 13.2. The lowest BCUT2D eigenvalue weighted by molar-refractivity contribution is 0.0910. The Balaban J connectivity index is 1.88. The molecule has 1 N–H and O–H groups in total. The van der Waals surface area contributed by atoms with E-state index < -0.39 is 6.04 Å². The highest BCUT2D eigenvalue weighted by Crippen LogP contribution is 2.28. The summed E-state index contributed by atoms with van der Waals surface area (Å²) in [5, 5.41) is 8.08. The Bertz CT molecular complexity index is 987. The molecule has 1 heterocycles. The van der Waals surface area contributed by atoms with Crippen molar-refractivity contribution in [1.82, 2.24) is 15.5 Å². The Labute approximate surface area is 174 Å². The van der Waals surface area contributed by atoms with Gasteiger partial charge in [0.2, 0.25) is 11.7 Å². The number of nitrogens with one attached hydrogen (secondary N) is 1. The van der Waals surface area contributed by atoms with Gasteiger partial charge in [0.25, 0.3) is 5.91 Å². The standard InChI is InChI=1S/C21H21Cl2N3O2/c1-4-12(2)18(24-20(27)15-7-5-6-8-16(15)22)21-25-19(26-28-21)14-10-9-13(3)17(23)11-14/h5-12,18H,4H2,1-3H3,(H,24,27)/t12-,18+/m1/s1. The number of amides is 1. The van der Waals surface area contributed by atoms with E-state index in [2.05, 4.69) is 15.5 Å². The molecule has 2 atom stereocenters. The van der Waals surface area contributed by atoms with Gasteiger partial charge in [0, 0.05) is 10.6 Å². The van der Waals surface area contributed by atoms with Crippen LogP contribution in [0.15, 0.2) is 47.0 Å². The van der Waals surface area contributed by atoms with Crippen molar-refractivity contribution >= 4 is 29.1 Å². The summed E-state index contributed by atoms with van der Waals surface area (Å²) < 4.78 is 5.49. The van der Waals surface area contributed by atoms with E-state index in [1.807, 2.05) is 32.9 Å². The molecule has 1 amide bonds.